The molecule has 0 bridgehead atoms. The molecule has 1 N–H and O–H groups in total. The number of amides is 1. The van der Waals surface area contributed by atoms with Crippen molar-refractivity contribution in [3.05, 3.63) is 78.4 Å². The molecule has 0 aliphatic heterocycles. The number of hydrogen-bond acceptors (Lipinski definition) is 4. The third-order valence-electron chi connectivity index (χ3n) is 4.11. The van der Waals surface area contributed by atoms with E-state index in [4.69, 9.17) is 0 Å². The topological polar surface area (TPSA) is 72.7 Å². The maximum atomic E-state index is 12.3. The van der Waals surface area contributed by atoms with Crippen molar-refractivity contribution in [2.45, 2.75) is 6.54 Å². The van der Waals surface area contributed by atoms with E-state index in [1.165, 1.54) is 0 Å². The number of para-hydroxylation sites is 1. The van der Waals surface area contributed by atoms with Crippen LogP contribution < -0.4 is 5.32 Å². The van der Waals surface area contributed by atoms with Crippen molar-refractivity contribution in [2.24, 2.45) is 7.05 Å². The maximum Gasteiger partial charge on any atom is 0.270 e. The zero-order valence-electron chi connectivity index (χ0n) is 14.3. The molecule has 128 valence electrons. The predicted molar refractivity (Wildman–Crippen MR) is 99.4 cm³/mol. The number of benzene rings is 1. The number of aromatic nitrogens is 4. The normalized spacial score (nSPS) is 10.8. The van der Waals surface area contributed by atoms with E-state index in [0.717, 1.165) is 27.7 Å². The second kappa shape index (κ2) is 6.76. The third kappa shape index (κ3) is 3.30. The lowest BCUT2D eigenvalue weighted by atomic mass is 10.2. The van der Waals surface area contributed by atoms with Gasteiger partial charge in [0.05, 0.1) is 17.4 Å². The second-order valence-electron chi connectivity index (χ2n) is 6.03. The zero-order chi connectivity index (χ0) is 17.9. The molecule has 0 aliphatic rings. The molecule has 0 fully saturated rings. The summed E-state index contributed by atoms with van der Waals surface area (Å²) in [6, 6.07) is 15.2. The molecular weight excluding hydrogens is 326 g/mol. The highest BCUT2D eigenvalue weighted by atomic mass is 16.1. The number of carbonyl (C=O) groups is 1. The summed E-state index contributed by atoms with van der Waals surface area (Å²) in [6.45, 7) is 0.396. The number of aryl methyl sites for hydroxylation is 1. The van der Waals surface area contributed by atoms with Crippen LogP contribution in [0.3, 0.4) is 0 Å². The average molecular weight is 343 g/mol. The highest BCUT2D eigenvalue weighted by molar-refractivity contribution is 5.94. The molecule has 3 heterocycles. The highest BCUT2D eigenvalue weighted by Crippen LogP contribution is 2.16. The molecule has 1 amide bonds. The molecule has 1 aromatic carbocycles. The van der Waals surface area contributed by atoms with Gasteiger partial charge in [0, 0.05) is 36.9 Å². The first kappa shape index (κ1) is 16.0. The number of nitrogens with zero attached hydrogens (tertiary/aromatic N) is 4. The van der Waals surface area contributed by atoms with Gasteiger partial charge in [-0.2, -0.15) is 5.10 Å². The summed E-state index contributed by atoms with van der Waals surface area (Å²) in [5, 5.41) is 8.04. The van der Waals surface area contributed by atoms with Gasteiger partial charge in [-0.05, 0) is 23.8 Å². The van der Waals surface area contributed by atoms with Gasteiger partial charge < -0.3 is 5.32 Å². The van der Waals surface area contributed by atoms with E-state index in [2.05, 4.69) is 20.4 Å². The summed E-state index contributed by atoms with van der Waals surface area (Å²) in [5.74, 6) is -0.202. The van der Waals surface area contributed by atoms with Crippen LogP contribution in [0.1, 0.15) is 16.1 Å². The number of fused-ring (bicyclic) bond motifs is 1. The van der Waals surface area contributed by atoms with E-state index in [1.54, 1.807) is 23.1 Å². The molecule has 6 heteroatoms. The van der Waals surface area contributed by atoms with E-state index < -0.39 is 0 Å². The van der Waals surface area contributed by atoms with Crippen LogP contribution in [0.5, 0.6) is 0 Å². The monoisotopic (exact) mass is 343 g/mol. The van der Waals surface area contributed by atoms with Gasteiger partial charge >= 0.3 is 0 Å². The largest absolute Gasteiger partial charge is 0.347 e. The minimum absolute atomic E-state index is 0.202. The Bertz CT molecular complexity index is 1070. The second-order valence-corrected chi connectivity index (χ2v) is 6.03. The van der Waals surface area contributed by atoms with Gasteiger partial charge in [0.1, 0.15) is 5.69 Å². The minimum atomic E-state index is -0.202. The van der Waals surface area contributed by atoms with Gasteiger partial charge in [0.15, 0.2) is 0 Å². The number of pyridine rings is 2. The number of rotatable bonds is 4. The molecule has 0 unspecified atom stereocenters. The van der Waals surface area contributed by atoms with E-state index in [1.807, 2.05) is 55.7 Å². The smallest absolute Gasteiger partial charge is 0.270 e. The van der Waals surface area contributed by atoms with Gasteiger partial charge in [0.2, 0.25) is 0 Å². The molecule has 26 heavy (non-hydrogen) atoms. The third-order valence-corrected chi connectivity index (χ3v) is 4.11. The van der Waals surface area contributed by atoms with Crippen LogP contribution in [-0.4, -0.2) is 25.7 Å². The number of carbonyl (C=O) groups excluding carboxylic acids is 1. The zero-order valence-corrected chi connectivity index (χ0v) is 14.3. The summed E-state index contributed by atoms with van der Waals surface area (Å²) in [6.07, 6.45) is 5.45. The Morgan fingerprint density at radius 1 is 1.08 bits per heavy atom. The van der Waals surface area contributed by atoms with E-state index in [9.17, 15) is 4.79 Å². The molecule has 3 aromatic heterocycles. The van der Waals surface area contributed by atoms with Crippen LogP contribution >= 0.6 is 0 Å². The van der Waals surface area contributed by atoms with Crippen LogP contribution in [0, 0.1) is 0 Å². The molecule has 4 rings (SSSR count). The Hall–Kier alpha value is -3.54. The fourth-order valence-corrected chi connectivity index (χ4v) is 2.72. The molecule has 0 saturated carbocycles. The van der Waals surface area contributed by atoms with Gasteiger partial charge in [0.25, 0.3) is 5.91 Å². The van der Waals surface area contributed by atoms with Crippen molar-refractivity contribution in [3.63, 3.8) is 0 Å². The summed E-state index contributed by atoms with van der Waals surface area (Å²) in [5.41, 5.74) is 3.95. The first-order chi connectivity index (χ1) is 12.7. The summed E-state index contributed by atoms with van der Waals surface area (Å²) < 4.78 is 1.74. The molecule has 0 spiro atoms. The molecule has 0 aliphatic carbocycles. The van der Waals surface area contributed by atoms with Crippen molar-refractivity contribution < 1.29 is 4.79 Å². The van der Waals surface area contributed by atoms with E-state index in [0.29, 0.717) is 12.2 Å². The fraction of sp³-hybridized carbons (Fsp3) is 0.100. The van der Waals surface area contributed by atoms with Gasteiger partial charge in [-0.25, -0.2) is 4.98 Å². The Balaban J connectivity index is 1.43. The summed E-state index contributed by atoms with van der Waals surface area (Å²) in [4.78, 5) is 21.2. The van der Waals surface area contributed by atoms with Crippen molar-refractivity contribution >= 4 is 16.8 Å². The molecule has 4 aromatic rings. The van der Waals surface area contributed by atoms with Crippen LogP contribution in [0.15, 0.2) is 67.1 Å². The number of nitrogens with one attached hydrogen (secondary N) is 1. The predicted octanol–water partition coefficient (Wildman–Crippen LogP) is 2.96. The van der Waals surface area contributed by atoms with Gasteiger partial charge in [-0.3, -0.25) is 14.5 Å². The van der Waals surface area contributed by atoms with Crippen molar-refractivity contribution in [2.75, 3.05) is 0 Å². The Kier molecular flexibility index (Phi) is 4.15. The molecule has 0 atom stereocenters. The van der Waals surface area contributed by atoms with Crippen LogP contribution in [0.2, 0.25) is 0 Å². The lowest BCUT2D eigenvalue weighted by molar-refractivity contribution is 0.0946. The fourth-order valence-electron chi connectivity index (χ4n) is 2.72. The molecule has 0 radical (unpaired) electrons. The quantitative estimate of drug-likeness (QED) is 0.618. The summed E-state index contributed by atoms with van der Waals surface area (Å²) in [7, 11) is 1.87. The highest BCUT2D eigenvalue weighted by Gasteiger charge is 2.08. The van der Waals surface area contributed by atoms with E-state index >= 15 is 0 Å². The SMILES string of the molecule is Cn1cc(-c2ccc(CNC(=O)c3ccc4ccccc4n3)cn2)cn1. The van der Waals surface area contributed by atoms with Crippen LogP contribution in [0.4, 0.5) is 0 Å². The van der Waals surface area contributed by atoms with Crippen molar-refractivity contribution in [1.29, 1.82) is 0 Å². The average Bonchev–Trinajstić information content (AvgIpc) is 3.12. The Morgan fingerprint density at radius 3 is 2.73 bits per heavy atom. The van der Waals surface area contributed by atoms with Crippen LogP contribution in [-0.2, 0) is 13.6 Å². The Morgan fingerprint density at radius 2 is 1.96 bits per heavy atom. The van der Waals surface area contributed by atoms with Crippen LogP contribution in [0.25, 0.3) is 22.2 Å². The lowest BCUT2D eigenvalue weighted by Gasteiger charge is -2.06. The van der Waals surface area contributed by atoms with E-state index in [-0.39, 0.29) is 5.91 Å². The Labute approximate surface area is 150 Å². The van der Waals surface area contributed by atoms with Crippen molar-refractivity contribution in [1.82, 2.24) is 25.1 Å². The molecule has 6 nitrogen and oxygen atoms in total. The maximum absolute atomic E-state index is 12.3. The molecule has 0 saturated heterocycles. The number of hydrogen-bond donors (Lipinski definition) is 1. The lowest BCUT2D eigenvalue weighted by Crippen LogP contribution is -2.23. The standard InChI is InChI=1S/C20H17N5O/c1-25-13-16(12-23-25)17-8-6-14(10-21-17)11-22-20(26)19-9-7-15-4-2-3-5-18(15)24-19/h2-10,12-13H,11H2,1H3,(H,22,26). The molecular formula is C20H17N5O. The van der Waals surface area contributed by atoms with Gasteiger partial charge in [-0.1, -0.05) is 30.3 Å². The van der Waals surface area contributed by atoms with Crippen molar-refractivity contribution in [3.8, 4) is 11.3 Å². The first-order valence-corrected chi connectivity index (χ1v) is 8.27. The summed E-state index contributed by atoms with van der Waals surface area (Å²) >= 11 is 0. The first-order valence-electron chi connectivity index (χ1n) is 8.27. The minimum Gasteiger partial charge on any atom is -0.347 e. The van der Waals surface area contributed by atoms with Gasteiger partial charge in [-0.15, -0.1) is 0 Å².